The van der Waals surface area contributed by atoms with Crippen molar-refractivity contribution < 1.29 is 8.74 Å². The number of hydrogen-bond acceptors (Lipinski definition) is 3. The molecule has 2 fully saturated rings. The van der Waals surface area contributed by atoms with Gasteiger partial charge in [-0.3, -0.25) is 8.74 Å². The van der Waals surface area contributed by atoms with Gasteiger partial charge in [0.1, 0.15) is 0 Å². The van der Waals surface area contributed by atoms with Crippen molar-refractivity contribution in [2.45, 2.75) is 31.8 Å². The van der Waals surface area contributed by atoms with Crippen molar-refractivity contribution in [3.8, 4) is 0 Å². The summed E-state index contributed by atoms with van der Waals surface area (Å²) in [5.41, 5.74) is 0. The van der Waals surface area contributed by atoms with E-state index in [1.807, 2.05) is 0 Å². The van der Waals surface area contributed by atoms with Gasteiger partial charge in [0, 0.05) is 0 Å². The maximum absolute atomic E-state index is 8.90. The SMILES string of the molecule is N=S(=N)(O)OC1CC2CCC1C2. The Hall–Kier alpha value is -0.130. The van der Waals surface area contributed by atoms with Crippen LogP contribution < -0.4 is 0 Å². The van der Waals surface area contributed by atoms with E-state index in [1.165, 1.54) is 12.8 Å². The van der Waals surface area contributed by atoms with E-state index in [-0.39, 0.29) is 6.10 Å². The van der Waals surface area contributed by atoms with Gasteiger partial charge in [-0.15, -0.1) is 0 Å². The van der Waals surface area contributed by atoms with E-state index in [2.05, 4.69) is 0 Å². The fourth-order valence-corrected chi connectivity index (χ4v) is 3.08. The van der Waals surface area contributed by atoms with Crippen molar-refractivity contribution in [2.75, 3.05) is 0 Å². The lowest BCUT2D eigenvalue weighted by Gasteiger charge is -2.21. The Bertz CT molecular complexity index is 275. The van der Waals surface area contributed by atoms with Crippen LogP contribution in [0.2, 0.25) is 0 Å². The molecule has 0 aromatic heterocycles. The second-order valence-electron chi connectivity index (χ2n) is 3.84. The van der Waals surface area contributed by atoms with Gasteiger partial charge in [0.25, 0.3) is 0 Å². The van der Waals surface area contributed by atoms with Crippen molar-refractivity contribution in [1.29, 1.82) is 9.56 Å². The molecule has 0 radical (unpaired) electrons. The molecule has 2 saturated carbocycles. The Morgan fingerprint density at radius 2 is 2.00 bits per heavy atom. The van der Waals surface area contributed by atoms with Crippen molar-refractivity contribution >= 4 is 10.2 Å². The highest BCUT2D eigenvalue weighted by atomic mass is 32.2. The lowest BCUT2D eigenvalue weighted by atomic mass is 9.98. The molecule has 0 aliphatic heterocycles. The minimum absolute atomic E-state index is 0.00116. The number of rotatable bonds is 2. The molecule has 0 amide bonds. The zero-order chi connectivity index (χ0) is 8.77. The first kappa shape index (κ1) is 8.47. The van der Waals surface area contributed by atoms with E-state index >= 15 is 0 Å². The summed E-state index contributed by atoms with van der Waals surface area (Å²) in [6, 6.07) is 0. The minimum atomic E-state index is -3.23. The molecule has 0 saturated heterocycles. The van der Waals surface area contributed by atoms with Gasteiger partial charge < -0.3 is 0 Å². The molecule has 70 valence electrons. The standard InChI is InChI=1S/C7H14N2O2S/c8-12(9,10)11-7-4-5-1-2-6(7)3-5/h5-7H,1-4H2,(H3,8,9,10). The Morgan fingerprint density at radius 3 is 2.42 bits per heavy atom. The summed E-state index contributed by atoms with van der Waals surface area (Å²) < 4.78 is 27.8. The fourth-order valence-electron chi connectivity index (χ4n) is 2.48. The van der Waals surface area contributed by atoms with Crippen molar-refractivity contribution in [3.05, 3.63) is 0 Å². The average molecular weight is 190 g/mol. The highest BCUT2D eigenvalue weighted by molar-refractivity contribution is 7.83. The van der Waals surface area contributed by atoms with Gasteiger partial charge in [0.2, 0.25) is 0 Å². The topological polar surface area (TPSA) is 77.2 Å². The van der Waals surface area contributed by atoms with Gasteiger partial charge in [0.15, 0.2) is 10.2 Å². The summed E-state index contributed by atoms with van der Waals surface area (Å²) in [6.07, 6.45) is 4.57. The summed E-state index contributed by atoms with van der Waals surface area (Å²) in [6.45, 7) is 0. The van der Waals surface area contributed by atoms with Crippen molar-refractivity contribution in [2.24, 2.45) is 11.8 Å². The largest absolute Gasteiger partial charge is 0.295 e. The molecule has 3 atom stereocenters. The molecule has 12 heavy (non-hydrogen) atoms. The molecule has 0 heterocycles. The Balaban J connectivity index is 2.00. The lowest BCUT2D eigenvalue weighted by Crippen LogP contribution is -2.22. The third kappa shape index (κ3) is 1.62. The molecule has 5 heteroatoms. The van der Waals surface area contributed by atoms with Crippen LogP contribution in [0.3, 0.4) is 0 Å². The molecule has 2 aliphatic carbocycles. The smallest absolute Gasteiger partial charge is 0.173 e. The number of hydrogen-bond donors (Lipinski definition) is 3. The molecule has 4 nitrogen and oxygen atoms in total. The molecule has 2 bridgehead atoms. The molecule has 0 aromatic rings. The Kier molecular flexibility index (Phi) is 1.89. The predicted molar refractivity (Wildman–Crippen MR) is 45.8 cm³/mol. The minimum Gasteiger partial charge on any atom is -0.295 e. The van der Waals surface area contributed by atoms with E-state index in [9.17, 15) is 0 Å². The molecule has 3 N–H and O–H groups in total. The predicted octanol–water partition coefficient (Wildman–Crippen LogP) is 2.26. The van der Waals surface area contributed by atoms with E-state index in [0.717, 1.165) is 18.8 Å². The molecular weight excluding hydrogens is 176 g/mol. The van der Waals surface area contributed by atoms with Crippen LogP contribution >= 0.6 is 0 Å². The summed E-state index contributed by atoms with van der Waals surface area (Å²) >= 11 is 0. The van der Waals surface area contributed by atoms with Crippen molar-refractivity contribution in [3.63, 3.8) is 0 Å². The highest BCUT2D eigenvalue weighted by Gasteiger charge is 2.41. The fraction of sp³-hybridized carbons (Fsp3) is 1.00. The van der Waals surface area contributed by atoms with Gasteiger partial charge in [-0.1, -0.05) is 0 Å². The van der Waals surface area contributed by atoms with Crippen LogP contribution in [0.15, 0.2) is 0 Å². The normalized spacial score (nSPS) is 40.6. The monoisotopic (exact) mass is 190 g/mol. The van der Waals surface area contributed by atoms with Gasteiger partial charge >= 0.3 is 0 Å². The first-order valence-corrected chi connectivity index (χ1v) is 5.79. The Labute approximate surface area is 72.8 Å². The van der Waals surface area contributed by atoms with E-state index in [0.29, 0.717) is 5.92 Å². The van der Waals surface area contributed by atoms with Gasteiger partial charge in [-0.25, -0.2) is 9.56 Å². The maximum atomic E-state index is 8.90. The Morgan fingerprint density at radius 1 is 1.25 bits per heavy atom. The van der Waals surface area contributed by atoms with Crippen LogP contribution in [0.1, 0.15) is 25.7 Å². The highest BCUT2D eigenvalue weighted by Crippen LogP contribution is 2.46. The van der Waals surface area contributed by atoms with Gasteiger partial charge in [-0.05, 0) is 37.5 Å². The zero-order valence-corrected chi connectivity index (χ0v) is 7.64. The molecule has 2 aliphatic rings. The molecule has 2 rings (SSSR count). The number of fused-ring (bicyclic) bond motifs is 2. The maximum Gasteiger partial charge on any atom is 0.173 e. The summed E-state index contributed by atoms with van der Waals surface area (Å²) in [5, 5.41) is 0. The first-order chi connectivity index (χ1) is 5.54. The average Bonchev–Trinajstić information content (AvgIpc) is 2.42. The van der Waals surface area contributed by atoms with E-state index in [4.69, 9.17) is 18.3 Å². The molecule has 3 unspecified atom stereocenters. The summed E-state index contributed by atoms with van der Waals surface area (Å²) in [7, 11) is -3.23. The molecule has 0 aromatic carbocycles. The molecule has 0 spiro atoms. The summed E-state index contributed by atoms with van der Waals surface area (Å²) in [5.74, 6) is 1.26. The summed E-state index contributed by atoms with van der Waals surface area (Å²) in [4.78, 5) is 0. The quantitative estimate of drug-likeness (QED) is 0.624. The lowest BCUT2D eigenvalue weighted by molar-refractivity contribution is 0.145. The second kappa shape index (κ2) is 2.68. The van der Waals surface area contributed by atoms with E-state index in [1.54, 1.807) is 0 Å². The van der Waals surface area contributed by atoms with Gasteiger partial charge in [-0.2, -0.15) is 0 Å². The van der Waals surface area contributed by atoms with Crippen LogP contribution in [-0.4, -0.2) is 10.7 Å². The van der Waals surface area contributed by atoms with Gasteiger partial charge in [0.05, 0.1) is 6.10 Å². The first-order valence-electron chi connectivity index (χ1n) is 4.28. The van der Waals surface area contributed by atoms with Crippen molar-refractivity contribution in [1.82, 2.24) is 0 Å². The van der Waals surface area contributed by atoms with Crippen LogP contribution in [0, 0.1) is 21.4 Å². The zero-order valence-electron chi connectivity index (χ0n) is 6.82. The van der Waals surface area contributed by atoms with Crippen LogP contribution in [0.25, 0.3) is 0 Å². The third-order valence-electron chi connectivity index (χ3n) is 2.94. The van der Waals surface area contributed by atoms with Crippen LogP contribution in [-0.2, 0) is 14.4 Å². The van der Waals surface area contributed by atoms with E-state index < -0.39 is 10.2 Å². The number of nitrogens with one attached hydrogen (secondary N) is 2. The molecular formula is C7H14N2O2S. The second-order valence-corrected chi connectivity index (χ2v) is 5.08. The van der Waals surface area contributed by atoms with Crippen LogP contribution in [0.4, 0.5) is 0 Å². The van der Waals surface area contributed by atoms with Crippen LogP contribution in [0.5, 0.6) is 0 Å². The third-order valence-corrected chi connectivity index (χ3v) is 3.46.